The Bertz CT molecular complexity index is 178. The SMILES string of the molecule is CN[C@]1(O)[C@H](C)OC(O)C[C@@H]1OC. The zero-order chi connectivity index (χ0) is 10.1. The summed E-state index contributed by atoms with van der Waals surface area (Å²) in [6.45, 7) is 1.69. The van der Waals surface area contributed by atoms with Crippen LogP contribution in [0, 0.1) is 0 Å². The van der Waals surface area contributed by atoms with Crippen LogP contribution in [0.4, 0.5) is 0 Å². The van der Waals surface area contributed by atoms with Gasteiger partial charge in [0, 0.05) is 13.5 Å². The van der Waals surface area contributed by atoms with Gasteiger partial charge >= 0.3 is 0 Å². The largest absolute Gasteiger partial charge is 0.377 e. The van der Waals surface area contributed by atoms with Crippen LogP contribution in [0.2, 0.25) is 0 Å². The van der Waals surface area contributed by atoms with E-state index in [-0.39, 0.29) is 6.42 Å². The van der Waals surface area contributed by atoms with Crippen LogP contribution in [0.5, 0.6) is 0 Å². The van der Waals surface area contributed by atoms with Gasteiger partial charge < -0.3 is 19.7 Å². The maximum absolute atomic E-state index is 10.1. The van der Waals surface area contributed by atoms with E-state index in [1.165, 1.54) is 7.11 Å². The molecule has 3 N–H and O–H groups in total. The van der Waals surface area contributed by atoms with E-state index in [9.17, 15) is 10.2 Å². The second kappa shape index (κ2) is 3.89. The van der Waals surface area contributed by atoms with E-state index in [1.807, 2.05) is 0 Å². The Kier molecular flexibility index (Phi) is 3.26. The summed E-state index contributed by atoms with van der Waals surface area (Å²) in [5, 5.41) is 22.1. The first-order valence-corrected chi connectivity index (χ1v) is 4.32. The van der Waals surface area contributed by atoms with Crippen molar-refractivity contribution in [2.75, 3.05) is 14.2 Å². The number of nitrogens with one attached hydrogen (secondary N) is 1. The van der Waals surface area contributed by atoms with E-state index in [2.05, 4.69) is 5.32 Å². The summed E-state index contributed by atoms with van der Waals surface area (Å²) in [5.41, 5.74) is -1.23. The molecule has 0 aromatic rings. The van der Waals surface area contributed by atoms with Crippen molar-refractivity contribution in [2.45, 2.75) is 37.6 Å². The Labute approximate surface area is 77.7 Å². The van der Waals surface area contributed by atoms with Crippen LogP contribution in [0.25, 0.3) is 0 Å². The Hall–Kier alpha value is -0.200. The van der Waals surface area contributed by atoms with Gasteiger partial charge in [-0.2, -0.15) is 0 Å². The zero-order valence-electron chi connectivity index (χ0n) is 8.15. The fourth-order valence-corrected chi connectivity index (χ4v) is 1.66. The Balaban J connectivity index is 2.77. The summed E-state index contributed by atoms with van der Waals surface area (Å²) in [6.07, 6.45) is -1.57. The Morgan fingerprint density at radius 3 is 2.69 bits per heavy atom. The van der Waals surface area contributed by atoms with Crippen molar-refractivity contribution in [3.05, 3.63) is 0 Å². The highest BCUT2D eigenvalue weighted by molar-refractivity contribution is 4.93. The van der Waals surface area contributed by atoms with Gasteiger partial charge in [0.1, 0.15) is 12.2 Å². The first-order chi connectivity index (χ1) is 6.04. The summed E-state index contributed by atoms with van der Waals surface area (Å²) >= 11 is 0. The fraction of sp³-hybridized carbons (Fsp3) is 1.00. The normalized spacial score (nSPS) is 46.4. The molecule has 0 radical (unpaired) electrons. The lowest BCUT2D eigenvalue weighted by molar-refractivity contribution is -0.281. The highest BCUT2D eigenvalue weighted by atomic mass is 16.6. The standard InChI is InChI=1S/C8H17NO4/c1-5-8(11,9-2)6(12-3)4-7(10)13-5/h5-7,9-11H,4H2,1-3H3/t5-,6-,7?,8-/m0/s1. The third kappa shape index (κ3) is 1.84. The molecule has 0 aromatic heterocycles. The number of likely N-dealkylation sites (N-methyl/N-ethyl adjacent to an activating group) is 1. The highest BCUT2D eigenvalue weighted by Crippen LogP contribution is 2.27. The molecule has 0 saturated carbocycles. The molecule has 1 fully saturated rings. The van der Waals surface area contributed by atoms with Gasteiger partial charge in [-0.05, 0) is 14.0 Å². The van der Waals surface area contributed by atoms with E-state index < -0.39 is 24.2 Å². The molecular formula is C8H17NO4. The van der Waals surface area contributed by atoms with E-state index in [0.717, 1.165) is 0 Å². The van der Waals surface area contributed by atoms with Crippen molar-refractivity contribution < 1.29 is 19.7 Å². The molecule has 1 heterocycles. The van der Waals surface area contributed by atoms with Gasteiger partial charge in [-0.25, -0.2) is 0 Å². The van der Waals surface area contributed by atoms with Crippen LogP contribution in [-0.2, 0) is 9.47 Å². The summed E-state index contributed by atoms with van der Waals surface area (Å²) < 4.78 is 10.2. The van der Waals surface area contributed by atoms with Crippen LogP contribution in [0.15, 0.2) is 0 Å². The Morgan fingerprint density at radius 1 is 1.62 bits per heavy atom. The number of aliphatic hydroxyl groups is 2. The molecule has 0 aliphatic carbocycles. The molecule has 13 heavy (non-hydrogen) atoms. The molecule has 78 valence electrons. The average molecular weight is 191 g/mol. The molecular weight excluding hydrogens is 174 g/mol. The Morgan fingerprint density at radius 2 is 2.23 bits per heavy atom. The maximum atomic E-state index is 10.1. The van der Waals surface area contributed by atoms with Crippen LogP contribution in [0.1, 0.15) is 13.3 Å². The summed E-state index contributed by atoms with van der Waals surface area (Å²) in [6, 6.07) is 0. The molecule has 1 unspecified atom stereocenters. The van der Waals surface area contributed by atoms with Gasteiger partial charge in [0.2, 0.25) is 0 Å². The van der Waals surface area contributed by atoms with Crippen molar-refractivity contribution in [3.63, 3.8) is 0 Å². The number of aliphatic hydroxyl groups excluding tert-OH is 1. The third-order valence-corrected chi connectivity index (χ3v) is 2.57. The molecule has 1 rings (SSSR count). The smallest absolute Gasteiger partial charge is 0.168 e. The first-order valence-electron chi connectivity index (χ1n) is 4.32. The zero-order valence-corrected chi connectivity index (χ0v) is 8.15. The van der Waals surface area contributed by atoms with E-state index in [1.54, 1.807) is 14.0 Å². The molecule has 5 heteroatoms. The summed E-state index contributed by atoms with van der Waals surface area (Å²) in [4.78, 5) is 0. The minimum absolute atomic E-state index is 0.262. The lowest BCUT2D eigenvalue weighted by Crippen LogP contribution is -2.65. The molecule has 4 atom stereocenters. The minimum Gasteiger partial charge on any atom is -0.377 e. The van der Waals surface area contributed by atoms with Gasteiger partial charge in [-0.3, -0.25) is 5.32 Å². The fourth-order valence-electron chi connectivity index (χ4n) is 1.66. The molecule has 1 aliphatic rings. The second-order valence-electron chi connectivity index (χ2n) is 3.27. The van der Waals surface area contributed by atoms with Gasteiger partial charge in [-0.1, -0.05) is 0 Å². The number of ether oxygens (including phenoxy) is 2. The lowest BCUT2D eigenvalue weighted by atomic mass is 9.95. The molecule has 1 aliphatic heterocycles. The van der Waals surface area contributed by atoms with Crippen molar-refractivity contribution in [3.8, 4) is 0 Å². The van der Waals surface area contributed by atoms with Crippen LogP contribution in [-0.4, -0.2) is 48.6 Å². The third-order valence-electron chi connectivity index (χ3n) is 2.57. The predicted molar refractivity (Wildman–Crippen MR) is 46.0 cm³/mol. The molecule has 0 aromatic carbocycles. The van der Waals surface area contributed by atoms with Gasteiger partial charge in [0.05, 0.1) is 0 Å². The quantitative estimate of drug-likeness (QED) is 0.490. The molecule has 0 amide bonds. The van der Waals surface area contributed by atoms with E-state index in [0.29, 0.717) is 0 Å². The number of hydrogen-bond acceptors (Lipinski definition) is 5. The van der Waals surface area contributed by atoms with E-state index in [4.69, 9.17) is 9.47 Å². The van der Waals surface area contributed by atoms with Crippen molar-refractivity contribution in [1.29, 1.82) is 0 Å². The molecule has 0 bridgehead atoms. The molecule has 1 saturated heterocycles. The molecule has 5 nitrogen and oxygen atoms in total. The van der Waals surface area contributed by atoms with Crippen molar-refractivity contribution >= 4 is 0 Å². The van der Waals surface area contributed by atoms with Crippen molar-refractivity contribution in [1.82, 2.24) is 5.32 Å². The van der Waals surface area contributed by atoms with Crippen LogP contribution >= 0.6 is 0 Å². The predicted octanol–water partition coefficient (Wildman–Crippen LogP) is -0.963. The minimum atomic E-state index is -1.23. The lowest BCUT2D eigenvalue weighted by Gasteiger charge is -2.44. The number of rotatable bonds is 2. The highest BCUT2D eigenvalue weighted by Gasteiger charge is 2.47. The number of methoxy groups -OCH3 is 1. The number of hydrogen-bond donors (Lipinski definition) is 3. The topological polar surface area (TPSA) is 71.0 Å². The molecule has 0 spiro atoms. The first kappa shape index (κ1) is 10.9. The summed E-state index contributed by atoms with van der Waals surface area (Å²) in [7, 11) is 3.13. The second-order valence-corrected chi connectivity index (χ2v) is 3.27. The van der Waals surface area contributed by atoms with Gasteiger partial charge in [0.15, 0.2) is 12.0 Å². The average Bonchev–Trinajstić information content (AvgIpc) is 2.11. The summed E-state index contributed by atoms with van der Waals surface area (Å²) in [5.74, 6) is 0. The maximum Gasteiger partial charge on any atom is 0.168 e. The van der Waals surface area contributed by atoms with Crippen LogP contribution < -0.4 is 5.32 Å². The van der Waals surface area contributed by atoms with Gasteiger partial charge in [-0.15, -0.1) is 0 Å². The monoisotopic (exact) mass is 191 g/mol. The van der Waals surface area contributed by atoms with Crippen LogP contribution in [0.3, 0.4) is 0 Å². The van der Waals surface area contributed by atoms with Crippen molar-refractivity contribution in [2.24, 2.45) is 0 Å². The van der Waals surface area contributed by atoms with E-state index >= 15 is 0 Å². The van der Waals surface area contributed by atoms with Gasteiger partial charge in [0.25, 0.3) is 0 Å².